The van der Waals surface area contributed by atoms with Crippen LogP contribution in [0.4, 0.5) is 0 Å². The van der Waals surface area contributed by atoms with E-state index >= 15 is 0 Å². The predicted molar refractivity (Wildman–Crippen MR) is 123 cm³/mol. The highest BCUT2D eigenvalue weighted by Gasteiger charge is 2.57. The Kier molecular flexibility index (Phi) is 6.11. The predicted octanol–water partition coefficient (Wildman–Crippen LogP) is 5.59. The molecule has 3 saturated carbocycles. The number of carbonyl (C=O) groups is 2. The van der Waals surface area contributed by atoms with Crippen LogP contribution in [0, 0.1) is 23.2 Å². The van der Waals surface area contributed by atoms with E-state index < -0.39 is 5.97 Å². The van der Waals surface area contributed by atoms with Gasteiger partial charge in [0.1, 0.15) is 5.75 Å². The lowest BCUT2D eigenvalue weighted by atomic mass is 9.44. The van der Waals surface area contributed by atoms with Crippen molar-refractivity contribution < 1.29 is 19.8 Å². The number of rotatable bonds is 8. The number of allylic oxidation sites excluding steroid dienone is 2. The monoisotopic (exact) mass is 441 g/mol. The van der Waals surface area contributed by atoms with E-state index in [-0.39, 0.29) is 24.1 Å². The summed E-state index contributed by atoms with van der Waals surface area (Å²) in [5.74, 6) is 0.978. The van der Waals surface area contributed by atoms with Crippen LogP contribution in [0.15, 0.2) is 35.7 Å². The molecule has 0 saturated heterocycles. The molecule has 4 atom stereocenters. The van der Waals surface area contributed by atoms with E-state index in [0.717, 1.165) is 29.3 Å². The highest BCUT2D eigenvalue weighted by molar-refractivity contribution is 7.17. The van der Waals surface area contributed by atoms with Gasteiger partial charge in [0.2, 0.25) is 0 Å². The summed E-state index contributed by atoms with van der Waals surface area (Å²) >= 11 is 1.52. The standard InChI is InChI=1S/C25H31NO4S/c1-25(2)15-11-20(25)17(7-5-3-4-6-8-23(28)29)21(12-15)26-24(30)19-14-31-22-10-9-16(27)13-18(19)22/h3,5,9-10,13-15,17,20-21,27H,4,6-8,11-12H2,1-2H3,(H,26,30)(H,28,29)/t15-,17-,20+,21-/m0/s1. The second kappa shape index (κ2) is 8.65. The zero-order valence-electron chi connectivity index (χ0n) is 18.1. The first-order chi connectivity index (χ1) is 14.8. The topological polar surface area (TPSA) is 86.6 Å². The van der Waals surface area contributed by atoms with Crippen molar-refractivity contribution in [2.24, 2.45) is 23.2 Å². The summed E-state index contributed by atoms with van der Waals surface area (Å²) in [4.78, 5) is 23.8. The molecule has 6 heteroatoms. The minimum atomic E-state index is -0.750. The van der Waals surface area contributed by atoms with Crippen LogP contribution in [0.2, 0.25) is 0 Å². The number of carbonyl (C=O) groups excluding carboxylic acids is 1. The third kappa shape index (κ3) is 4.36. The molecule has 5 nitrogen and oxygen atoms in total. The summed E-state index contributed by atoms with van der Waals surface area (Å²) in [6, 6.07) is 5.30. The highest BCUT2D eigenvalue weighted by Crippen LogP contribution is 2.62. The van der Waals surface area contributed by atoms with Gasteiger partial charge in [-0.3, -0.25) is 9.59 Å². The molecule has 3 aliphatic rings. The van der Waals surface area contributed by atoms with Crippen molar-refractivity contribution >= 4 is 33.3 Å². The van der Waals surface area contributed by atoms with Crippen LogP contribution < -0.4 is 5.32 Å². The molecule has 1 amide bonds. The number of hydrogen-bond acceptors (Lipinski definition) is 4. The molecule has 2 bridgehead atoms. The summed E-state index contributed by atoms with van der Waals surface area (Å²) in [6.45, 7) is 4.70. The number of amides is 1. The van der Waals surface area contributed by atoms with Gasteiger partial charge in [0, 0.05) is 27.9 Å². The smallest absolute Gasteiger partial charge is 0.303 e. The Balaban J connectivity index is 1.45. The summed E-state index contributed by atoms with van der Waals surface area (Å²) in [5.41, 5.74) is 0.946. The van der Waals surface area contributed by atoms with Gasteiger partial charge in [-0.05, 0) is 73.5 Å². The van der Waals surface area contributed by atoms with E-state index in [4.69, 9.17) is 5.11 Å². The van der Waals surface area contributed by atoms with Crippen LogP contribution in [-0.2, 0) is 4.79 Å². The summed E-state index contributed by atoms with van der Waals surface area (Å²) in [7, 11) is 0. The van der Waals surface area contributed by atoms with Crippen LogP contribution in [0.1, 0.15) is 62.7 Å². The van der Waals surface area contributed by atoms with Crippen molar-refractivity contribution in [3.63, 3.8) is 0 Å². The first kappa shape index (κ1) is 21.9. The maximum absolute atomic E-state index is 13.1. The number of carboxylic acid groups (broad SMARTS) is 1. The quantitative estimate of drug-likeness (QED) is 0.368. The Morgan fingerprint density at radius 2 is 2.06 bits per heavy atom. The first-order valence-corrected chi connectivity index (χ1v) is 12.0. The fourth-order valence-corrected chi connectivity index (χ4v) is 6.54. The van der Waals surface area contributed by atoms with Crippen molar-refractivity contribution in [1.29, 1.82) is 0 Å². The van der Waals surface area contributed by atoms with Gasteiger partial charge in [0.15, 0.2) is 0 Å². The summed E-state index contributed by atoms with van der Waals surface area (Å²) in [5, 5.41) is 24.6. The molecule has 0 radical (unpaired) electrons. The first-order valence-electron chi connectivity index (χ1n) is 11.1. The Labute approximate surface area is 187 Å². The van der Waals surface area contributed by atoms with Gasteiger partial charge >= 0.3 is 5.97 Å². The average Bonchev–Trinajstić information content (AvgIpc) is 3.13. The molecule has 3 aliphatic carbocycles. The lowest BCUT2D eigenvalue weighted by Gasteiger charge is -2.62. The van der Waals surface area contributed by atoms with Gasteiger partial charge < -0.3 is 15.5 Å². The van der Waals surface area contributed by atoms with Gasteiger partial charge in [-0.15, -0.1) is 11.3 Å². The number of nitrogens with one attached hydrogen (secondary N) is 1. The fraction of sp³-hybridized carbons (Fsp3) is 0.520. The molecule has 1 aromatic heterocycles. The highest BCUT2D eigenvalue weighted by atomic mass is 32.1. The Morgan fingerprint density at radius 3 is 2.81 bits per heavy atom. The van der Waals surface area contributed by atoms with Crippen LogP contribution in [0.5, 0.6) is 5.75 Å². The molecule has 0 spiro atoms. The van der Waals surface area contributed by atoms with Crippen LogP contribution >= 0.6 is 11.3 Å². The number of benzene rings is 1. The zero-order valence-corrected chi connectivity index (χ0v) is 19.0. The molecule has 0 aliphatic heterocycles. The Bertz CT molecular complexity index is 1010. The SMILES string of the molecule is CC1(C)[C@@H]2C[C@H](NC(=O)c3csc4ccc(O)cc34)[C@@H](CC=CCCCC(=O)O)[C@H]1C2. The summed E-state index contributed by atoms with van der Waals surface area (Å²) in [6.07, 6.45) is 9.04. The van der Waals surface area contributed by atoms with Gasteiger partial charge in [0.25, 0.3) is 5.91 Å². The van der Waals surface area contributed by atoms with Crippen molar-refractivity contribution in [2.45, 2.75) is 58.4 Å². The second-order valence-corrected chi connectivity index (χ2v) is 10.6. The van der Waals surface area contributed by atoms with Gasteiger partial charge in [-0.25, -0.2) is 0 Å². The molecule has 31 heavy (non-hydrogen) atoms. The largest absolute Gasteiger partial charge is 0.508 e. The number of aliphatic carboxylic acids is 1. The van der Waals surface area contributed by atoms with E-state index in [1.165, 1.54) is 17.8 Å². The van der Waals surface area contributed by atoms with E-state index in [1.807, 2.05) is 11.4 Å². The van der Waals surface area contributed by atoms with Crippen LogP contribution in [0.25, 0.3) is 10.1 Å². The van der Waals surface area contributed by atoms with E-state index in [0.29, 0.717) is 35.2 Å². The Hall–Kier alpha value is -2.34. The van der Waals surface area contributed by atoms with E-state index in [1.54, 1.807) is 12.1 Å². The minimum absolute atomic E-state index is 0.0589. The molecule has 2 aromatic rings. The van der Waals surface area contributed by atoms with Crippen molar-refractivity contribution in [1.82, 2.24) is 5.32 Å². The number of unbranched alkanes of at least 4 members (excludes halogenated alkanes) is 1. The zero-order chi connectivity index (χ0) is 22.2. The lowest BCUT2D eigenvalue weighted by molar-refractivity contribution is -0.137. The van der Waals surface area contributed by atoms with Gasteiger partial charge in [0.05, 0.1) is 5.56 Å². The molecule has 5 rings (SSSR count). The van der Waals surface area contributed by atoms with E-state index in [9.17, 15) is 14.7 Å². The van der Waals surface area contributed by atoms with E-state index in [2.05, 4.69) is 31.3 Å². The van der Waals surface area contributed by atoms with Crippen LogP contribution in [0.3, 0.4) is 0 Å². The molecule has 3 N–H and O–H groups in total. The van der Waals surface area contributed by atoms with Crippen molar-refractivity contribution in [3.8, 4) is 5.75 Å². The molecule has 0 unspecified atom stereocenters. The number of carboxylic acids is 1. The maximum Gasteiger partial charge on any atom is 0.303 e. The molecule has 1 heterocycles. The third-order valence-electron chi connectivity index (χ3n) is 7.57. The molecule has 166 valence electrons. The maximum atomic E-state index is 13.1. The second-order valence-electron chi connectivity index (χ2n) is 9.66. The molecule has 1 aromatic carbocycles. The number of aromatic hydroxyl groups is 1. The number of fused-ring (bicyclic) bond motifs is 3. The molecular formula is C25H31NO4S. The van der Waals surface area contributed by atoms with Crippen molar-refractivity contribution in [3.05, 3.63) is 41.3 Å². The number of phenols is 1. The third-order valence-corrected chi connectivity index (χ3v) is 8.54. The fourth-order valence-electron chi connectivity index (χ4n) is 5.62. The van der Waals surface area contributed by atoms with Crippen LogP contribution in [-0.4, -0.2) is 28.1 Å². The lowest BCUT2D eigenvalue weighted by Crippen LogP contribution is -2.61. The van der Waals surface area contributed by atoms with Crippen molar-refractivity contribution in [2.75, 3.05) is 0 Å². The number of hydrogen-bond donors (Lipinski definition) is 3. The number of phenolic OH excluding ortho intramolecular Hbond substituents is 1. The average molecular weight is 442 g/mol. The normalized spacial score (nSPS) is 26.6. The van der Waals surface area contributed by atoms with Gasteiger partial charge in [-0.2, -0.15) is 0 Å². The molecular weight excluding hydrogens is 410 g/mol. The molecule has 3 fully saturated rings. The van der Waals surface area contributed by atoms with Gasteiger partial charge in [-0.1, -0.05) is 26.0 Å². The summed E-state index contributed by atoms with van der Waals surface area (Å²) < 4.78 is 0.997. The number of thiophene rings is 1. The Morgan fingerprint density at radius 1 is 1.26 bits per heavy atom. The minimum Gasteiger partial charge on any atom is -0.508 e.